The number of hydrogen-bond acceptors (Lipinski definition) is 1. The second-order valence-corrected chi connectivity index (χ2v) is 5.18. The number of rotatable bonds is 5. The van der Waals surface area contributed by atoms with E-state index in [0.717, 1.165) is 13.0 Å². The van der Waals surface area contributed by atoms with Crippen molar-refractivity contribution in [1.82, 2.24) is 4.90 Å². The van der Waals surface area contributed by atoms with Crippen LogP contribution < -0.4 is 5.73 Å². The summed E-state index contributed by atoms with van der Waals surface area (Å²) in [5, 5.41) is 0. The number of aliphatic imine (C=N–C) groups is 1. The standard InChI is InChI=1S/C12H27N3/c1-9(2)7-11(5)15(6)12(13)14-8-10(3)4/h9-11H,7-8H2,1-6H3,(H2,13,14). The number of nitrogens with zero attached hydrogens (tertiary/aromatic N) is 2. The first-order valence-electron chi connectivity index (χ1n) is 5.87. The molecule has 1 unspecified atom stereocenters. The SMILES string of the molecule is CC(C)CN=C(N)N(C)C(C)CC(C)C. The lowest BCUT2D eigenvalue weighted by molar-refractivity contribution is 0.329. The van der Waals surface area contributed by atoms with Crippen LogP contribution in [-0.2, 0) is 0 Å². The minimum atomic E-state index is 0.459. The number of guanidine groups is 1. The van der Waals surface area contributed by atoms with Crippen LogP contribution in [0.15, 0.2) is 4.99 Å². The highest BCUT2D eigenvalue weighted by Crippen LogP contribution is 2.09. The van der Waals surface area contributed by atoms with Gasteiger partial charge >= 0.3 is 0 Å². The van der Waals surface area contributed by atoms with Gasteiger partial charge in [-0.15, -0.1) is 0 Å². The zero-order chi connectivity index (χ0) is 12.0. The maximum atomic E-state index is 5.92. The summed E-state index contributed by atoms with van der Waals surface area (Å²) in [6, 6.07) is 0.459. The second kappa shape index (κ2) is 6.70. The van der Waals surface area contributed by atoms with E-state index in [1.54, 1.807) is 0 Å². The van der Waals surface area contributed by atoms with Crippen molar-refractivity contribution in [2.75, 3.05) is 13.6 Å². The van der Waals surface area contributed by atoms with Crippen LogP contribution >= 0.6 is 0 Å². The molecule has 0 aliphatic heterocycles. The Kier molecular flexibility index (Phi) is 6.37. The quantitative estimate of drug-likeness (QED) is 0.562. The molecule has 0 saturated heterocycles. The average Bonchev–Trinajstić information content (AvgIpc) is 2.11. The van der Waals surface area contributed by atoms with Crippen molar-refractivity contribution in [3.8, 4) is 0 Å². The van der Waals surface area contributed by atoms with Gasteiger partial charge in [0.05, 0.1) is 0 Å². The summed E-state index contributed by atoms with van der Waals surface area (Å²) >= 11 is 0. The van der Waals surface area contributed by atoms with Crippen LogP contribution in [0.4, 0.5) is 0 Å². The Morgan fingerprint density at radius 1 is 1.13 bits per heavy atom. The van der Waals surface area contributed by atoms with E-state index in [0.29, 0.717) is 23.8 Å². The summed E-state index contributed by atoms with van der Waals surface area (Å²) in [5.41, 5.74) is 5.92. The molecular weight excluding hydrogens is 186 g/mol. The van der Waals surface area contributed by atoms with Gasteiger partial charge in [0.2, 0.25) is 0 Å². The van der Waals surface area contributed by atoms with Crippen molar-refractivity contribution in [1.29, 1.82) is 0 Å². The van der Waals surface area contributed by atoms with Crippen molar-refractivity contribution in [2.24, 2.45) is 22.6 Å². The second-order valence-electron chi connectivity index (χ2n) is 5.18. The Morgan fingerprint density at radius 3 is 2.07 bits per heavy atom. The molecule has 0 aromatic carbocycles. The fraction of sp³-hybridized carbons (Fsp3) is 0.917. The van der Waals surface area contributed by atoms with Gasteiger partial charge in [0.25, 0.3) is 0 Å². The van der Waals surface area contributed by atoms with Gasteiger partial charge in [0, 0.05) is 19.6 Å². The predicted octanol–water partition coefficient (Wildman–Crippen LogP) is 2.32. The molecule has 3 heteroatoms. The summed E-state index contributed by atoms with van der Waals surface area (Å²) in [7, 11) is 2.02. The minimum absolute atomic E-state index is 0.459. The first kappa shape index (κ1) is 14.3. The lowest BCUT2D eigenvalue weighted by Crippen LogP contribution is -2.41. The smallest absolute Gasteiger partial charge is 0.191 e. The van der Waals surface area contributed by atoms with Crippen LogP contribution in [0.3, 0.4) is 0 Å². The zero-order valence-corrected chi connectivity index (χ0v) is 11.1. The molecule has 0 heterocycles. The van der Waals surface area contributed by atoms with E-state index in [2.05, 4.69) is 44.5 Å². The molecule has 0 bridgehead atoms. The molecule has 15 heavy (non-hydrogen) atoms. The van der Waals surface area contributed by atoms with Gasteiger partial charge in [-0.05, 0) is 25.2 Å². The highest BCUT2D eigenvalue weighted by molar-refractivity contribution is 5.78. The largest absolute Gasteiger partial charge is 0.370 e. The van der Waals surface area contributed by atoms with Crippen molar-refractivity contribution in [3.63, 3.8) is 0 Å². The summed E-state index contributed by atoms with van der Waals surface area (Å²) in [6.07, 6.45) is 1.15. The molecule has 2 N–H and O–H groups in total. The number of nitrogens with two attached hydrogens (primary N) is 1. The number of hydrogen-bond donors (Lipinski definition) is 1. The van der Waals surface area contributed by atoms with Crippen LogP contribution in [-0.4, -0.2) is 30.5 Å². The van der Waals surface area contributed by atoms with E-state index >= 15 is 0 Å². The maximum Gasteiger partial charge on any atom is 0.191 e. The molecule has 3 nitrogen and oxygen atoms in total. The van der Waals surface area contributed by atoms with Crippen molar-refractivity contribution in [2.45, 2.75) is 47.1 Å². The van der Waals surface area contributed by atoms with E-state index in [1.807, 2.05) is 7.05 Å². The highest BCUT2D eigenvalue weighted by atomic mass is 15.2. The molecule has 0 radical (unpaired) electrons. The Hall–Kier alpha value is -0.730. The Balaban J connectivity index is 4.17. The zero-order valence-electron chi connectivity index (χ0n) is 11.1. The molecule has 0 aliphatic carbocycles. The van der Waals surface area contributed by atoms with Gasteiger partial charge in [-0.2, -0.15) is 0 Å². The van der Waals surface area contributed by atoms with Gasteiger partial charge in [0.15, 0.2) is 5.96 Å². The molecule has 0 aliphatic rings. The monoisotopic (exact) mass is 213 g/mol. The molecule has 90 valence electrons. The Bertz CT molecular complexity index is 197. The summed E-state index contributed by atoms with van der Waals surface area (Å²) in [4.78, 5) is 6.44. The molecule has 0 amide bonds. The van der Waals surface area contributed by atoms with E-state index in [-0.39, 0.29) is 0 Å². The fourth-order valence-electron chi connectivity index (χ4n) is 1.45. The van der Waals surface area contributed by atoms with E-state index < -0.39 is 0 Å². The maximum absolute atomic E-state index is 5.92. The van der Waals surface area contributed by atoms with Gasteiger partial charge in [0.1, 0.15) is 0 Å². The molecule has 0 rings (SSSR count). The first-order valence-corrected chi connectivity index (χ1v) is 5.87. The molecule has 0 spiro atoms. The van der Waals surface area contributed by atoms with Crippen molar-refractivity contribution < 1.29 is 0 Å². The fourth-order valence-corrected chi connectivity index (χ4v) is 1.45. The van der Waals surface area contributed by atoms with Crippen LogP contribution in [0, 0.1) is 11.8 Å². The lowest BCUT2D eigenvalue weighted by atomic mass is 10.0. The third-order valence-corrected chi connectivity index (χ3v) is 2.45. The summed E-state index contributed by atoms with van der Waals surface area (Å²) in [5.74, 6) is 1.93. The van der Waals surface area contributed by atoms with Gasteiger partial charge in [-0.3, -0.25) is 4.99 Å². The minimum Gasteiger partial charge on any atom is -0.370 e. The van der Waals surface area contributed by atoms with Crippen molar-refractivity contribution >= 4 is 5.96 Å². The van der Waals surface area contributed by atoms with Crippen molar-refractivity contribution in [3.05, 3.63) is 0 Å². The molecular formula is C12H27N3. The van der Waals surface area contributed by atoms with E-state index in [1.165, 1.54) is 0 Å². The summed E-state index contributed by atoms with van der Waals surface area (Å²) in [6.45, 7) is 11.8. The van der Waals surface area contributed by atoms with Crippen LogP contribution in [0.1, 0.15) is 41.0 Å². The Morgan fingerprint density at radius 2 is 1.67 bits per heavy atom. The van der Waals surface area contributed by atoms with Gasteiger partial charge in [-0.1, -0.05) is 27.7 Å². The van der Waals surface area contributed by atoms with Gasteiger partial charge in [-0.25, -0.2) is 0 Å². The summed E-state index contributed by atoms with van der Waals surface area (Å²) < 4.78 is 0. The molecule has 0 aromatic heterocycles. The highest BCUT2D eigenvalue weighted by Gasteiger charge is 2.12. The van der Waals surface area contributed by atoms with Crippen LogP contribution in [0.25, 0.3) is 0 Å². The lowest BCUT2D eigenvalue weighted by Gasteiger charge is -2.27. The molecule has 0 fully saturated rings. The first-order chi connectivity index (χ1) is 6.84. The van der Waals surface area contributed by atoms with E-state index in [4.69, 9.17) is 5.73 Å². The average molecular weight is 213 g/mol. The molecule has 0 aromatic rings. The van der Waals surface area contributed by atoms with Gasteiger partial charge < -0.3 is 10.6 Å². The third kappa shape index (κ3) is 6.37. The third-order valence-electron chi connectivity index (χ3n) is 2.45. The molecule has 1 atom stereocenters. The Labute approximate surface area is 94.7 Å². The topological polar surface area (TPSA) is 41.6 Å². The van der Waals surface area contributed by atoms with Crippen LogP contribution in [0.5, 0.6) is 0 Å². The van der Waals surface area contributed by atoms with E-state index in [9.17, 15) is 0 Å². The predicted molar refractivity (Wildman–Crippen MR) is 68.0 cm³/mol. The van der Waals surface area contributed by atoms with Crippen LogP contribution in [0.2, 0.25) is 0 Å². The normalized spacial score (nSPS) is 14.8. The molecule has 0 saturated carbocycles.